The number of hydrogen-bond acceptors (Lipinski definition) is 3. The SMILES string of the molecule is NC(=O)[C@H]1[C@H](O)CCN1C(N)=O. The van der Waals surface area contributed by atoms with Crippen molar-refractivity contribution in [1.29, 1.82) is 0 Å². The van der Waals surface area contributed by atoms with E-state index in [9.17, 15) is 14.7 Å². The molecule has 68 valence electrons. The molecule has 1 fully saturated rings. The minimum atomic E-state index is -0.956. The van der Waals surface area contributed by atoms with Gasteiger partial charge < -0.3 is 21.5 Å². The van der Waals surface area contributed by atoms with Gasteiger partial charge >= 0.3 is 6.03 Å². The van der Waals surface area contributed by atoms with Crippen molar-refractivity contribution in [2.24, 2.45) is 11.5 Å². The molecular formula is C6H11N3O3. The van der Waals surface area contributed by atoms with Gasteiger partial charge in [0.25, 0.3) is 0 Å². The maximum atomic E-state index is 10.7. The summed E-state index contributed by atoms with van der Waals surface area (Å²) >= 11 is 0. The normalized spacial score (nSPS) is 28.9. The third-order valence-corrected chi connectivity index (χ3v) is 1.94. The van der Waals surface area contributed by atoms with Crippen LogP contribution in [0.1, 0.15) is 6.42 Å². The fourth-order valence-corrected chi connectivity index (χ4v) is 1.37. The van der Waals surface area contributed by atoms with Crippen molar-refractivity contribution in [2.75, 3.05) is 6.54 Å². The molecular weight excluding hydrogens is 162 g/mol. The summed E-state index contributed by atoms with van der Waals surface area (Å²) in [5.74, 6) is -0.723. The number of carbonyl (C=O) groups excluding carboxylic acids is 2. The van der Waals surface area contributed by atoms with Crippen LogP contribution in [0.2, 0.25) is 0 Å². The molecule has 1 aliphatic rings. The number of nitrogens with two attached hydrogens (primary N) is 2. The van der Waals surface area contributed by atoms with E-state index in [0.717, 1.165) is 4.90 Å². The Morgan fingerprint density at radius 1 is 1.42 bits per heavy atom. The van der Waals surface area contributed by atoms with E-state index < -0.39 is 24.1 Å². The molecule has 1 aliphatic heterocycles. The molecule has 6 heteroatoms. The van der Waals surface area contributed by atoms with Crippen LogP contribution in [0.3, 0.4) is 0 Å². The van der Waals surface area contributed by atoms with E-state index in [1.165, 1.54) is 0 Å². The van der Waals surface area contributed by atoms with Gasteiger partial charge in [-0.2, -0.15) is 0 Å². The van der Waals surface area contributed by atoms with Crippen LogP contribution in [-0.2, 0) is 4.79 Å². The molecule has 1 rings (SSSR count). The van der Waals surface area contributed by atoms with Crippen molar-refractivity contribution in [1.82, 2.24) is 4.90 Å². The van der Waals surface area contributed by atoms with Crippen molar-refractivity contribution in [3.05, 3.63) is 0 Å². The van der Waals surface area contributed by atoms with Gasteiger partial charge in [0.15, 0.2) is 0 Å². The lowest BCUT2D eigenvalue weighted by Crippen LogP contribution is -2.50. The molecule has 0 radical (unpaired) electrons. The molecule has 0 spiro atoms. The third kappa shape index (κ3) is 1.33. The average molecular weight is 173 g/mol. The number of hydrogen-bond donors (Lipinski definition) is 3. The summed E-state index contributed by atoms with van der Waals surface area (Å²) in [5, 5.41) is 9.23. The maximum absolute atomic E-state index is 10.7. The molecule has 0 bridgehead atoms. The lowest BCUT2D eigenvalue weighted by molar-refractivity contribution is -0.123. The Hall–Kier alpha value is -1.30. The number of nitrogens with zero attached hydrogens (tertiary/aromatic N) is 1. The minimum Gasteiger partial charge on any atom is -0.390 e. The summed E-state index contributed by atoms with van der Waals surface area (Å²) < 4.78 is 0. The highest BCUT2D eigenvalue weighted by molar-refractivity contribution is 5.86. The lowest BCUT2D eigenvalue weighted by atomic mass is 10.1. The first-order valence-electron chi connectivity index (χ1n) is 3.57. The third-order valence-electron chi connectivity index (χ3n) is 1.94. The Bertz CT molecular complexity index is 218. The maximum Gasteiger partial charge on any atom is 0.315 e. The number of amides is 3. The van der Waals surface area contributed by atoms with E-state index in [4.69, 9.17) is 11.5 Å². The van der Waals surface area contributed by atoms with Gasteiger partial charge in [0.05, 0.1) is 6.10 Å². The van der Waals surface area contributed by atoms with Gasteiger partial charge in [0.1, 0.15) is 6.04 Å². The number of primary amides is 2. The summed E-state index contributed by atoms with van der Waals surface area (Å²) in [5.41, 5.74) is 9.92. The molecule has 1 saturated heterocycles. The smallest absolute Gasteiger partial charge is 0.315 e. The van der Waals surface area contributed by atoms with Crippen LogP contribution < -0.4 is 11.5 Å². The number of aliphatic hydroxyl groups is 1. The van der Waals surface area contributed by atoms with Gasteiger partial charge in [-0.15, -0.1) is 0 Å². The van der Waals surface area contributed by atoms with Crippen LogP contribution in [0, 0.1) is 0 Å². The zero-order chi connectivity index (χ0) is 9.30. The highest BCUT2D eigenvalue weighted by Crippen LogP contribution is 2.16. The van der Waals surface area contributed by atoms with Gasteiger partial charge in [-0.25, -0.2) is 4.79 Å². The predicted octanol–water partition coefficient (Wildman–Crippen LogP) is -2.01. The summed E-state index contributed by atoms with van der Waals surface area (Å²) in [6, 6.07) is -1.68. The van der Waals surface area contributed by atoms with E-state index in [2.05, 4.69) is 0 Å². The van der Waals surface area contributed by atoms with Crippen LogP contribution in [-0.4, -0.2) is 40.6 Å². The molecule has 3 amide bonds. The molecule has 0 aromatic carbocycles. The van der Waals surface area contributed by atoms with Crippen LogP contribution in [0.25, 0.3) is 0 Å². The van der Waals surface area contributed by atoms with E-state index in [-0.39, 0.29) is 6.54 Å². The fraction of sp³-hybridized carbons (Fsp3) is 0.667. The Morgan fingerprint density at radius 3 is 2.33 bits per heavy atom. The zero-order valence-electron chi connectivity index (χ0n) is 6.43. The van der Waals surface area contributed by atoms with Gasteiger partial charge in [0.2, 0.25) is 5.91 Å². The van der Waals surface area contributed by atoms with Crippen molar-refractivity contribution < 1.29 is 14.7 Å². The molecule has 0 aliphatic carbocycles. The van der Waals surface area contributed by atoms with E-state index >= 15 is 0 Å². The Balaban J connectivity index is 2.77. The Kier molecular flexibility index (Phi) is 2.18. The van der Waals surface area contributed by atoms with Crippen LogP contribution in [0.4, 0.5) is 4.79 Å². The second-order valence-corrected chi connectivity index (χ2v) is 2.73. The van der Waals surface area contributed by atoms with E-state index in [1.807, 2.05) is 0 Å². The number of rotatable bonds is 1. The molecule has 1 heterocycles. The number of likely N-dealkylation sites (tertiary alicyclic amines) is 1. The topological polar surface area (TPSA) is 110 Å². The van der Waals surface area contributed by atoms with Crippen molar-refractivity contribution in [3.63, 3.8) is 0 Å². The van der Waals surface area contributed by atoms with Crippen LogP contribution in [0.5, 0.6) is 0 Å². The predicted molar refractivity (Wildman–Crippen MR) is 39.9 cm³/mol. The molecule has 0 saturated carbocycles. The van der Waals surface area contributed by atoms with Gasteiger partial charge in [-0.05, 0) is 6.42 Å². The zero-order valence-corrected chi connectivity index (χ0v) is 6.43. The monoisotopic (exact) mass is 173 g/mol. The van der Waals surface area contributed by atoms with Gasteiger partial charge in [0, 0.05) is 6.54 Å². The first-order chi connectivity index (χ1) is 5.54. The van der Waals surface area contributed by atoms with E-state index in [1.54, 1.807) is 0 Å². The summed E-state index contributed by atoms with van der Waals surface area (Å²) in [6.07, 6.45) is -0.536. The van der Waals surface area contributed by atoms with Gasteiger partial charge in [-0.3, -0.25) is 4.79 Å². The Labute approximate surface area is 69.1 Å². The standard InChI is InChI=1S/C6H11N3O3/c7-5(11)4-3(10)1-2-9(4)6(8)12/h3-4,10H,1-2H2,(H2,7,11)(H2,8,12)/t3-,4-/m1/s1. The molecule has 0 aromatic rings. The van der Waals surface area contributed by atoms with Crippen LogP contribution >= 0.6 is 0 Å². The number of aliphatic hydroxyl groups excluding tert-OH is 1. The van der Waals surface area contributed by atoms with E-state index in [0.29, 0.717) is 6.42 Å². The molecule has 2 atom stereocenters. The second-order valence-electron chi connectivity index (χ2n) is 2.73. The quantitative estimate of drug-likeness (QED) is 0.426. The molecule has 6 nitrogen and oxygen atoms in total. The van der Waals surface area contributed by atoms with Gasteiger partial charge in [-0.1, -0.05) is 0 Å². The average Bonchev–Trinajstić information content (AvgIpc) is 2.30. The van der Waals surface area contributed by atoms with Crippen molar-refractivity contribution >= 4 is 11.9 Å². The molecule has 5 N–H and O–H groups in total. The first-order valence-corrected chi connectivity index (χ1v) is 3.57. The lowest BCUT2D eigenvalue weighted by Gasteiger charge is -2.20. The molecule has 12 heavy (non-hydrogen) atoms. The summed E-state index contributed by atoms with van der Waals surface area (Å²) in [4.78, 5) is 22.5. The Morgan fingerprint density at radius 2 is 2.00 bits per heavy atom. The number of urea groups is 1. The summed E-state index contributed by atoms with van der Waals surface area (Å²) in [6.45, 7) is 0.282. The molecule has 0 aromatic heterocycles. The summed E-state index contributed by atoms with van der Waals surface area (Å²) in [7, 11) is 0. The highest BCUT2D eigenvalue weighted by atomic mass is 16.3. The first kappa shape index (κ1) is 8.79. The highest BCUT2D eigenvalue weighted by Gasteiger charge is 2.38. The fourth-order valence-electron chi connectivity index (χ4n) is 1.37. The second kappa shape index (κ2) is 2.98. The van der Waals surface area contributed by atoms with Crippen molar-refractivity contribution in [3.8, 4) is 0 Å². The largest absolute Gasteiger partial charge is 0.390 e. The minimum absolute atomic E-state index is 0.282. The molecule has 0 unspecified atom stereocenters. The van der Waals surface area contributed by atoms with Crippen LogP contribution in [0.15, 0.2) is 0 Å². The number of carbonyl (C=O) groups is 2. The van der Waals surface area contributed by atoms with Crippen molar-refractivity contribution in [2.45, 2.75) is 18.6 Å².